The number of piperazine rings is 1. The van der Waals surface area contributed by atoms with Crippen molar-refractivity contribution in [2.75, 3.05) is 53.4 Å². The Bertz CT molecular complexity index is 447. The van der Waals surface area contributed by atoms with Crippen LogP contribution in [0.3, 0.4) is 0 Å². The molecule has 5 heteroatoms. The molecule has 1 atom stereocenters. The summed E-state index contributed by atoms with van der Waals surface area (Å²) >= 11 is 0. The van der Waals surface area contributed by atoms with Gasteiger partial charge in [-0.25, -0.2) is 4.39 Å². The molecule has 1 aromatic carbocycles. The van der Waals surface area contributed by atoms with Crippen LogP contribution in [0.5, 0.6) is 5.75 Å². The van der Waals surface area contributed by atoms with E-state index >= 15 is 0 Å². The van der Waals surface area contributed by atoms with E-state index in [9.17, 15) is 4.39 Å². The van der Waals surface area contributed by atoms with Crippen molar-refractivity contribution in [3.8, 4) is 5.75 Å². The molecule has 1 unspecified atom stereocenters. The molecule has 0 radical (unpaired) electrons. The van der Waals surface area contributed by atoms with Gasteiger partial charge in [-0.15, -0.1) is 0 Å². The molecule has 2 rings (SSSR count). The van der Waals surface area contributed by atoms with Crippen molar-refractivity contribution in [1.82, 2.24) is 15.1 Å². The van der Waals surface area contributed by atoms with Gasteiger partial charge in [-0.05, 0) is 31.7 Å². The minimum absolute atomic E-state index is 0.187. The number of likely N-dealkylation sites (N-methyl/N-ethyl adjacent to an activating group) is 1. The van der Waals surface area contributed by atoms with Gasteiger partial charge in [0.1, 0.15) is 0 Å². The first kappa shape index (κ1) is 16.2. The molecule has 0 bridgehead atoms. The Kier molecular flexibility index (Phi) is 5.96. The minimum atomic E-state index is -0.314. The van der Waals surface area contributed by atoms with Crippen LogP contribution >= 0.6 is 0 Å². The van der Waals surface area contributed by atoms with E-state index in [0.717, 1.165) is 44.8 Å². The topological polar surface area (TPSA) is 27.7 Å². The number of nitrogens with zero attached hydrogens (tertiary/aromatic N) is 2. The lowest BCUT2D eigenvalue weighted by Gasteiger charge is -2.32. The SMILES string of the molecule is COc1cc(C(C)NCCN2CCN(C)CC2)ccc1F. The molecule has 1 aliphatic rings. The van der Waals surface area contributed by atoms with Crippen LogP contribution in [0.25, 0.3) is 0 Å². The molecule has 0 aromatic heterocycles. The van der Waals surface area contributed by atoms with Crippen molar-refractivity contribution in [2.45, 2.75) is 13.0 Å². The van der Waals surface area contributed by atoms with Crippen LogP contribution in [0, 0.1) is 5.82 Å². The monoisotopic (exact) mass is 295 g/mol. The van der Waals surface area contributed by atoms with E-state index in [2.05, 4.69) is 29.1 Å². The van der Waals surface area contributed by atoms with Crippen molar-refractivity contribution in [1.29, 1.82) is 0 Å². The van der Waals surface area contributed by atoms with Gasteiger partial charge in [-0.3, -0.25) is 4.90 Å². The maximum Gasteiger partial charge on any atom is 0.165 e. The van der Waals surface area contributed by atoms with E-state index in [4.69, 9.17) is 4.74 Å². The molecule has 118 valence electrons. The Hall–Kier alpha value is -1.17. The van der Waals surface area contributed by atoms with Crippen LogP contribution in [-0.4, -0.2) is 63.2 Å². The minimum Gasteiger partial charge on any atom is -0.494 e. The highest BCUT2D eigenvalue weighted by atomic mass is 19.1. The third kappa shape index (κ3) is 4.66. The summed E-state index contributed by atoms with van der Waals surface area (Å²) in [6.07, 6.45) is 0. The van der Waals surface area contributed by atoms with Crippen LogP contribution in [0.15, 0.2) is 18.2 Å². The molecule has 1 N–H and O–H groups in total. The summed E-state index contributed by atoms with van der Waals surface area (Å²) in [6.45, 7) is 8.64. The zero-order valence-corrected chi connectivity index (χ0v) is 13.2. The van der Waals surface area contributed by atoms with Gasteiger partial charge in [0.2, 0.25) is 0 Å². The zero-order valence-electron chi connectivity index (χ0n) is 13.2. The number of methoxy groups -OCH3 is 1. The van der Waals surface area contributed by atoms with Crippen molar-refractivity contribution in [3.05, 3.63) is 29.6 Å². The maximum atomic E-state index is 13.4. The Labute approximate surface area is 126 Å². The Morgan fingerprint density at radius 2 is 2.00 bits per heavy atom. The third-order valence-electron chi connectivity index (χ3n) is 4.15. The van der Waals surface area contributed by atoms with E-state index in [1.165, 1.54) is 13.2 Å². The van der Waals surface area contributed by atoms with Gasteiger partial charge in [0, 0.05) is 45.3 Å². The first-order valence-corrected chi connectivity index (χ1v) is 7.58. The first-order chi connectivity index (χ1) is 10.1. The van der Waals surface area contributed by atoms with Crippen LogP contribution < -0.4 is 10.1 Å². The number of hydrogen-bond acceptors (Lipinski definition) is 4. The number of hydrogen-bond donors (Lipinski definition) is 1. The summed E-state index contributed by atoms with van der Waals surface area (Å²) in [5, 5.41) is 3.49. The average Bonchev–Trinajstić information content (AvgIpc) is 2.49. The Morgan fingerprint density at radius 1 is 1.29 bits per heavy atom. The molecule has 1 heterocycles. The van der Waals surface area contributed by atoms with E-state index in [-0.39, 0.29) is 11.9 Å². The lowest BCUT2D eigenvalue weighted by molar-refractivity contribution is 0.154. The smallest absolute Gasteiger partial charge is 0.165 e. The summed E-state index contributed by atoms with van der Waals surface area (Å²) < 4.78 is 18.4. The number of halogens is 1. The van der Waals surface area contributed by atoms with Gasteiger partial charge >= 0.3 is 0 Å². The predicted molar refractivity (Wildman–Crippen MR) is 83.3 cm³/mol. The second-order valence-corrected chi connectivity index (χ2v) is 5.71. The van der Waals surface area contributed by atoms with E-state index < -0.39 is 0 Å². The second-order valence-electron chi connectivity index (χ2n) is 5.71. The molecule has 1 aromatic rings. The van der Waals surface area contributed by atoms with E-state index in [0.29, 0.717) is 5.75 Å². The molecule has 4 nitrogen and oxygen atoms in total. The molecule has 1 fully saturated rings. The van der Waals surface area contributed by atoms with Crippen molar-refractivity contribution in [3.63, 3.8) is 0 Å². The molecule has 1 saturated heterocycles. The van der Waals surface area contributed by atoms with Gasteiger partial charge in [0.05, 0.1) is 7.11 Å². The highest BCUT2D eigenvalue weighted by Crippen LogP contribution is 2.22. The molecule has 21 heavy (non-hydrogen) atoms. The lowest BCUT2D eigenvalue weighted by atomic mass is 10.1. The van der Waals surface area contributed by atoms with Gasteiger partial charge < -0.3 is 15.0 Å². The highest BCUT2D eigenvalue weighted by Gasteiger charge is 2.14. The lowest BCUT2D eigenvalue weighted by Crippen LogP contribution is -2.46. The van der Waals surface area contributed by atoms with Gasteiger partial charge in [0.25, 0.3) is 0 Å². The quantitative estimate of drug-likeness (QED) is 0.865. The number of nitrogens with one attached hydrogen (secondary N) is 1. The van der Waals surface area contributed by atoms with E-state index in [1.807, 2.05) is 6.07 Å². The summed E-state index contributed by atoms with van der Waals surface area (Å²) in [4.78, 5) is 4.84. The maximum absolute atomic E-state index is 13.4. The fourth-order valence-corrected chi connectivity index (χ4v) is 2.57. The Morgan fingerprint density at radius 3 is 2.67 bits per heavy atom. The predicted octanol–water partition coefficient (Wildman–Crippen LogP) is 1.73. The molecule has 0 saturated carbocycles. The van der Waals surface area contributed by atoms with Crippen LogP contribution in [0.1, 0.15) is 18.5 Å². The molecule has 1 aliphatic heterocycles. The second kappa shape index (κ2) is 7.73. The molecule has 0 spiro atoms. The fourth-order valence-electron chi connectivity index (χ4n) is 2.57. The van der Waals surface area contributed by atoms with Crippen molar-refractivity contribution < 1.29 is 9.13 Å². The summed E-state index contributed by atoms with van der Waals surface area (Å²) in [5.74, 6) is -0.00824. The normalized spacial score (nSPS) is 18.7. The first-order valence-electron chi connectivity index (χ1n) is 7.58. The van der Waals surface area contributed by atoms with Crippen LogP contribution in [-0.2, 0) is 0 Å². The molecular formula is C16H26FN3O. The number of benzene rings is 1. The summed E-state index contributed by atoms with van der Waals surface area (Å²) in [6, 6.07) is 5.23. The number of ether oxygens (including phenoxy) is 1. The average molecular weight is 295 g/mol. The summed E-state index contributed by atoms with van der Waals surface area (Å²) in [7, 11) is 3.66. The van der Waals surface area contributed by atoms with Crippen molar-refractivity contribution >= 4 is 0 Å². The fraction of sp³-hybridized carbons (Fsp3) is 0.625. The van der Waals surface area contributed by atoms with Crippen LogP contribution in [0.2, 0.25) is 0 Å². The molecule has 0 aliphatic carbocycles. The Balaban J connectivity index is 1.78. The van der Waals surface area contributed by atoms with Gasteiger partial charge in [0.15, 0.2) is 11.6 Å². The van der Waals surface area contributed by atoms with E-state index in [1.54, 1.807) is 6.07 Å². The third-order valence-corrected chi connectivity index (χ3v) is 4.15. The van der Waals surface area contributed by atoms with Crippen LogP contribution in [0.4, 0.5) is 4.39 Å². The largest absolute Gasteiger partial charge is 0.494 e. The van der Waals surface area contributed by atoms with Gasteiger partial charge in [-0.2, -0.15) is 0 Å². The molecule has 0 amide bonds. The zero-order chi connectivity index (χ0) is 15.2. The van der Waals surface area contributed by atoms with Gasteiger partial charge in [-0.1, -0.05) is 6.07 Å². The summed E-state index contributed by atoms with van der Waals surface area (Å²) in [5.41, 5.74) is 1.05. The van der Waals surface area contributed by atoms with Crippen molar-refractivity contribution in [2.24, 2.45) is 0 Å². The highest BCUT2D eigenvalue weighted by molar-refractivity contribution is 5.31. The number of rotatable bonds is 6. The molecular weight excluding hydrogens is 269 g/mol. The standard InChI is InChI=1S/C16H26FN3O/c1-13(14-4-5-15(17)16(12-14)21-3)18-6-7-20-10-8-19(2)9-11-20/h4-5,12-13,18H,6-11H2,1-3H3.